The molecular weight excluding hydrogens is 244 g/mol. The van der Waals surface area contributed by atoms with Gasteiger partial charge in [-0.25, -0.2) is 0 Å². The summed E-state index contributed by atoms with van der Waals surface area (Å²) in [4.78, 5) is 0. The molecule has 20 heavy (non-hydrogen) atoms. The molecule has 0 amide bonds. The highest BCUT2D eigenvalue weighted by molar-refractivity contribution is 5.91. The molecule has 3 aromatic carbocycles. The van der Waals surface area contributed by atoms with Crippen LogP contribution >= 0.6 is 0 Å². The molecule has 0 aliphatic rings. The van der Waals surface area contributed by atoms with Crippen molar-refractivity contribution in [3.63, 3.8) is 0 Å². The van der Waals surface area contributed by atoms with E-state index >= 15 is 0 Å². The molecule has 1 radical (unpaired) electrons. The van der Waals surface area contributed by atoms with Crippen molar-refractivity contribution >= 4 is 10.8 Å². The van der Waals surface area contributed by atoms with Gasteiger partial charge in [-0.15, -0.1) is 0 Å². The van der Waals surface area contributed by atoms with Gasteiger partial charge < -0.3 is 4.74 Å². The van der Waals surface area contributed by atoms with Crippen molar-refractivity contribution in [1.29, 1.82) is 0 Å². The minimum absolute atomic E-state index is 0.863. The van der Waals surface area contributed by atoms with E-state index in [0.29, 0.717) is 0 Å². The molecule has 0 fully saturated rings. The summed E-state index contributed by atoms with van der Waals surface area (Å²) in [5.41, 5.74) is 1.33. The van der Waals surface area contributed by atoms with Gasteiger partial charge >= 0.3 is 0 Å². The molecule has 0 spiro atoms. The first-order valence-electron chi connectivity index (χ1n) is 6.91. The molecule has 1 nitrogen and oxygen atoms in total. The summed E-state index contributed by atoms with van der Waals surface area (Å²) in [5, 5.41) is 2.41. The lowest BCUT2D eigenvalue weighted by Gasteiger charge is -2.12. The molecule has 0 atom stereocenters. The van der Waals surface area contributed by atoms with Crippen molar-refractivity contribution in [1.82, 2.24) is 0 Å². The fourth-order valence-electron chi connectivity index (χ4n) is 2.45. The summed E-state index contributed by atoms with van der Waals surface area (Å²) >= 11 is 0. The second kappa shape index (κ2) is 5.79. The first-order chi connectivity index (χ1) is 9.88. The predicted molar refractivity (Wildman–Crippen MR) is 84.1 cm³/mol. The Morgan fingerprint density at radius 3 is 2.20 bits per heavy atom. The molecule has 99 valence electrons. The highest BCUT2D eigenvalue weighted by atomic mass is 16.5. The Morgan fingerprint density at radius 2 is 1.45 bits per heavy atom. The Kier molecular flexibility index (Phi) is 3.69. The highest BCUT2D eigenvalue weighted by Crippen LogP contribution is 2.32. The fraction of sp³-hybridized carbons (Fsp3) is 0.105. The van der Waals surface area contributed by atoms with Crippen molar-refractivity contribution in [2.75, 3.05) is 0 Å². The van der Waals surface area contributed by atoms with Crippen molar-refractivity contribution in [2.45, 2.75) is 12.8 Å². The zero-order chi connectivity index (χ0) is 13.8. The van der Waals surface area contributed by atoms with Crippen LogP contribution in [0.5, 0.6) is 11.5 Å². The van der Waals surface area contributed by atoms with E-state index in [9.17, 15) is 0 Å². The molecule has 3 aromatic rings. The van der Waals surface area contributed by atoms with Gasteiger partial charge in [0.1, 0.15) is 11.5 Å². The lowest BCUT2D eigenvalue weighted by Crippen LogP contribution is -1.90. The van der Waals surface area contributed by atoms with Gasteiger partial charge in [0.25, 0.3) is 0 Å². The second-order valence-electron chi connectivity index (χ2n) is 4.79. The third-order valence-electron chi connectivity index (χ3n) is 3.39. The highest BCUT2D eigenvalue weighted by Gasteiger charge is 2.06. The van der Waals surface area contributed by atoms with E-state index < -0.39 is 0 Å². The number of para-hydroxylation sites is 1. The van der Waals surface area contributed by atoms with Gasteiger partial charge in [0, 0.05) is 5.39 Å². The predicted octanol–water partition coefficient (Wildman–Crippen LogP) is 5.40. The Morgan fingerprint density at radius 1 is 0.750 bits per heavy atom. The molecule has 0 aliphatic carbocycles. The normalized spacial score (nSPS) is 10.7. The molecule has 0 saturated heterocycles. The molecule has 3 rings (SSSR count). The Balaban J connectivity index is 2.06. The first kappa shape index (κ1) is 12.7. The summed E-state index contributed by atoms with van der Waals surface area (Å²) in [6.45, 7) is 3.95. The molecule has 0 unspecified atom stereocenters. The van der Waals surface area contributed by atoms with Gasteiger partial charge in [0.05, 0.1) is 0 Å². The maximum atomic E-state index is 6.01. The summed E-state index contributed by atoms with van der Waals surface area (Å²) in [6.07, 6.45) is 1.90. The third kappa shape index (κ3) is 2.53. The van der Waals surface area contributed by atoms with Crippen LogP contribution in [0, 0.1) is 6.92 Å². The number of rotatable bonds is 4. The third-order valence-corrected chi connectivity index (χ3v) is 3.39. The quantitative estimate of drug-likeness (QED) is 0.611. The van der Waals surface area contributed by atoms with E-state index in [1.807, 2.05) is 36.4 Å². The molecule has 0 bridgehead atoms. The maximum Gasteiger partial charge on any atom is 0.135 e. The molecule has 0 heterocycles. The van der Waals surface area contributed by atoms with Crippen LogP contribution < -0.4 is 4.74 Å². The average Bonchev–Trinajstić information content (AvgIpc) is 2.51. The molecule has 1 heteroatoms. The molecule has 0 aliphatic heterocycles. The average molecular weight is 261 g/mol. The zero-order valence-corrected chi connectivity index (χ0v) is 11.4. The largest absolute Gasteiger partial charge is 0.457 e. The van der Waals surface area contributed by atoms with Crippen molar-refractivity contribution < 1.29 is 4.74 Å². The van der Waals surface area contributed by atoms with Crippen molar-refractivity contribution in [2.24, 2.45) is 0 Å². The smallest absolute Gasteiger partial charge is 0.135 e. The van der Waals surface area contributed by atoms with Crippen LogP contribution in [0.1, 0.15) is 12.0 Å². The van der Waals surface area contributed by atoms with Gasteiger partial charge in [-0.2, -0.15) is 0 Å². The van der Waals surface area contributed by atoms with E-state index in [1.165, 1.54) is 10.9 Å². The van der Waals surface area contributed by atoms with Crippen LogP contribution in [-0.2, 0) is 6.42 Å². The van der Waals surface area contributed by atoms with Gasteiger partial charge in [0.2, 0.25) is 0 Å². The van der Waals surface area contributed by atoms with E-state index in [-0.39, 0.29) is 0 Å². The number of aryl methyl sites for hydroxylation is 1. The summed E-state index contributed by atoms with van der Waals surface area (Å²) in [7, 11) is 0. The molecule has 0 aromatic heterocycles. The van der Waals surface area contributed by atoms with Crippen LogP contribution in [0.25, 0.3) is 10.8 Å². The Labute approximate surface area is 119 Å². The van der Waals surface area contributed by atoms with E-state index in [4.69, 9.17) is 4.74 Å². The number of ether oxygens (including phenoxy) is 1. The standard InChI is InChI=1S/C19H17O/c1-2-8-15-13-14-19(18-12-7-6-11-17(15)18)20-16-9-4-3-5-10-16/h3-7,9-14H,1-2,8H2. The van der Waals surface area contributed by atoms with Crippen LogP contribution in [0.15, 0.2) is 66.7 Å². The lowest BCUT2D eigenvalue weighted by atomic mass is 10.0. The topological polar surface area (TPSA) is 9.23 Å². The number of hydrogen-bond donors (Lipinski definition) is 0. The zero-order valence-electron chi connectivity index (χ0n) is 11.4. The number of hydrogen-bond acceptors (Lipinski definition) is 1. The minimum Gasteiger partial charge on any atom is -0.457 e. The first-order valence-corrected chi connectivity index (χ1v) is 6.91. The minimum atomic E-state index is 0.863. The van der Waals surface area contributed by atoms with Gasteiger partial charge in [-0.05, 0) is 42.0 Å². The summed E-state index contributed by atoms with van der Waals surface area (Å²) < 4.78 is 6.01. The maximum absolute atomic E-state index is 6.01. The van der Waals surface area contributed by atoms with Crippen LogP contribution in [0.4, 0.5) is 0 Å². The Hall–Kier alpha value is -2.28. The van der Waals surface area contributed by atoms with Crippen molar-refractivity contribution in [3.8, 4) is 11.5 Å². The van der Waals surface area contributed by atoms with E-state index in [2.05, 4.69) is 37.3 Å². The lowest BCUT2D eigenvalue weighted by molar-refractivity contribution is 0.488. The van der Waals surface area contributed by atoms with Gasteiger partial charge in [0.15, 0.2) is 0 Å². The van der Waals surface area contributed by atoms with E-state index in [0.717, 1.165) is 29.7 Å². The van der Waals surface area contributed by atoms with Crippen LogP contribution in [-0.4, -0.2) is 0 Å². The number of fused-ring (bicyclic) bond motifs is 1. The van der Waals surface area contributed by atoms with Crippen LogP contribution in [0.3, 0.4) is 0 Å². The summed E-state index contributed by atoms with van der Waals surface area (Å²) in [6, 6.07) is 22.5. The van der Waals surface area contributed by atoms with Gasteiger partial charge in [-0.1, -0.05) is 55.5 Å². The Bertz CT molecular complexity index is 701. The molecular formula is C19H17O. The van der Waals surface area contributed by atoms with E-state index in [1.54, 1.807) is 0 Å². The molecule has 0 saturated carbocycles. The van der Waals surface area contributed by atoms with Crippen LogP contribution in [0.2, 0.25) is 0 Å². The number of benzene rings is 3. The monoisotopic (exact) mass is 261 g/mol. The van der Waals surface area contributed by atoms with Crippen molar-refractivity contribution in [3.05, 3.63) is 79.2 Å². The molecule has 0 N–H and O–H groups in total. The second-order valence-corrected chi connectivity index (χ2v) is 4.79. The SMILES string of the molecule is [CH2]CCc1ccc(Oc2ccccc2)c2ccccc12. The van der Waals surface area contributed by atoms with Gasteiger partial charge in [-0.3, -0.25) is 0 Å². The fourth-order valence-corrected chi connectivity index (χ4v) is 2.45. The summed E-state index contributed by atoms with van der Waals surface area (Å²) in [5.74, 6) is 1.77.